The predicted molar refractivity (Wildman–Crippen MR) is 81.5 cm³/mol. The summed E-state index contributed by atoms with van der Waals surface area (Å²) in [5.74, 6) is 0.116. The van der Waals surface area contributed by atoms with Crippen LogP contribution >= 0.6 is 0 Å². The fourth-order valence-corrected chi connectivity index (χ4v) is 1.99. The average Bonchev–Trinajstić information content (AvgIpc) is 2.39. The zero-order valence-electron chi connectivity index (χ0n) is 12.3. The second-order valence-electron chi connectivity index (χ2n) is 5.67. The van der Waals surface area contributed by atoms with Gasteiger partial charge in [0.05, 0.1) is 0 Å². The fourth-order valence-electron chi connectivity index (χ4n) is 1.99. The fraction of sp³-hybridized carbons (Fsp3) is 0.471. The van der Waals surface area contributed by atoms with Crippen molar-refractivity contribution in [3.63, 3.8) is 0 Å². The Balaban J connectivity index is 2.72. The van der Waals surface area contributed by atoms with Crippen molar-refractivity contribution in [3.8, 4) is 0 Å². The quantitative estimate of drug-likeness (QED) is 0.590. The summed E-state index contributed by atoms with van der Waals surface area (Å²) in [6.07, 6.45) is 5.94. The van der Waals surface area contributed by atoms with E-state index in [9.17, 15) is 4.79 Å². The van der Waals surface area contributed by atoms with E-state index in [1.807, 2.05) is 44.2 Å². The van der Waals surface area contributed by atoms with Gasteiger partial charge >= 0.3 is 0 Å². The maximum Gasteiger partial charge on any atom is 0.163 e. The van der Waals surface area contributed by atoms with Gasteiger partial charge in [0.1, 0.15) is 0 Å². The molecular weight excluding hydrogens is 234 g/mol. The van der Waals surface area contributed by atoms with E-state index in [2.05, 4.69) is 6.92 Å². The highest BCUT2D eigenvalue weighted by Gasteiger charge is 2.25. The topological polar surface area (TPSA) is 43.1 Å². The van der Waals surface area contributed by atoms with Gasteiger partial charge < -0.3 is 5.73 Å². The highest BCUT2D eigenvalue weighted by molar-refractivity contribution is 5.99. The molecule has 0 aliphatic heterocycles. The Morgan fingerprint density at radius 2 is 1.84 bits per heavy atom. The van der Waals surface area contributed by atoms with Crippen LogP contribution in [-0.4, -0.2) is 5.78 Å². The van der Waals surface area contributed by atoms with Crippen LogP contribution in [-0.2, 0) is 4.79 Å². The summed E-state index contributed by atoms with van der Waals surface area (Å²) < 4.78 is 0. The lowest BCUT2D eigenvalue weighted by molar-refractivity contribution is -0.122. The van der Waals surface area contributed by atoms with E-state index in [1.165, 1.54) is 12.8 Å². The first-order valence-electron chi connectivity index (χ1n) is 7.04. The van der Waals surface area contributed by atoms with E-state index in [0.717, 1.165) is 18.4 Å². The molecule has 0 heterocycles. The number of allylic oxidation sites excluding steroid dienone is 1. The molecule has 0 saturated carbocycles. The van der Waals surface area contributed by atoms with Crippen molar-refractivity contribution < 1.29 is 4.79 Å². The lowest BCUT2D eigenvalue weighted by Crippen LogP contribution is -2.23. The minimum absolute atomic E-state index is 0.116. The van der Waals surface area contributed by atoms with Gasteiger partial charge in [0, 0.05) is 17.2 Å². The summed E-state index contributed by atoms with van der Waals surface area (Å²) in [6, 6.07) is 9.62. The van der Waals surface area contributed by atoms with Crippen LogP contribution in [0.5, 0.6) is 0 Å². The molecule has 0 aliphatic carbocycles. The van der Waals surface area contributed by atoms with Crippen LogP contribution in [0.3, 0.4) is 0 Å². The zero-order chi connectivity index (χ0) is 14.3. The van der Waals surface area contributed by atoms with E-state index in [1.54, 1.807) is 6.08 Å². The highest BCUT2D eigenvalue weighted by atomic mass is 16.1. The average molecular weight is 259 g/mol. The Bertz CT molecular complexity index is 432. The van der Waals surface area contributed by atoms with Crippen molar-refractivity contribution in [2.24, 2.45) is 11.1 Å². The molecular formula is C17H25NO. The third-order valence-electron chi connectivity index (χ3n) is 3.47. The lowest BCUT2D eigenvalue weighted by atomic mass is 9.82. The van der Waals surface area contributed by atoms with Gasteiger partial charge in [-0.25, -0.2) is 0 Å². The largest absolute Gasteiger partial charge is 0.398 e. The van der Waals surface area contributed by atoms with Crippen LogP contribution in [0.1, 0.15) is 52.0 Å². The number of carbonyl (C=O) groups is 1. The summed E-state index contributed by atoms with van der Waals surface area (Å²) in [6.45, 7) is 6.17. The first-order chi connectivity index (χ1) is 8.97. The molecule has 0 aliphatic rings. The van der Waals surface area contributed by atoms with Crippen molar-refractivity contribution in [1.82, 2.24) is 0 Å². The molecule has 0 bridgehead atoms. The van der Waals surface area contributed by atoms with E-state index < -0.39 is 0 Å². The van der Waals surface area contributed by atoms with Crippen molar-refractivity contribution in [2.45, 2.75) is 46.5 Å². The maximum absolute atomic E-state index is 12.3. The van der Waals surface area contributed by atoms with Crippen LogP contribution in [0.2, 0.25) is 0 Å². The normalized spacial score (nSPS) is 12.5. The van der Waals surface area contributed by atoms with E-state index in [4.69, 9.17) is 5.73 Å². The first kappa shape index (κ1) is 15.5. The second kappa shape index (κ2) is 7.13. The van der Waals surface area contributed by atoms with Gasteiger partial charge in [-0.15, -0.1) is 0 Å². The van der Waals surface area contributed by atoms with E-state index in [-0.39, 0.29) is 11.2 Å². The van der Waals surface area contributed by atoms with Crippen LogP contribution in [0.15, 0.2) is 36.4 Å². The summed E-state index contributed by atoms with van der Waals surface area (Å²) in [5.41, 5.74) is 7.12. The summed E-state index contributed by atoms with van der Waals surface area (Å²) in [4.78, 5) is 12.3. The molecule has 1 aromatic carbocycles. The molecule has 19 heavy (non-hydrogen) atoms. The number of carbonyl (C=O) groups excluding carboxylic acids is 1. The number of hydrogen-bond donors (Lipinski definition) is 1. The molecule has 2 N–H and O–H groups in total. The van der Waals surface area contributed by atoms with E-state index in [0.29, 0.717) is 5.70 Å². The highest BCUT2D eigenvalue weighted by Crippen LogP contribution is 2.26. The molecule has 1 rings (SSSR count). The molecule has 1 aromatic rings. The van der Waals surface area contributed by atoms with Crippen LogP contribution < -0.4 is 5.73 Å². The minimum Gasteiger partial charge on any atom is -0.398 e. The number of nitrogens with two attached hydrogens (primary N) is 1. The molecule has 0 amide bonds. The molecule has 0 spiro atoms. The Morgan fingerprint density at radius 3 is 2.42 bits per heavy atom. The third kappa shape index (κ3) is 4.90. The van der Waals surface area contributed by atoms with Crippen LogP contribution in [0, 0.1) is 5.41 Å². The van der Waals surface area contributed by atoms with Gasteiger partial charge in [0.2, 0.25) is 0 Å². The predicted octanol–water partition coefficient (Wildman–Crippen LogP) is 4.16. The number of ketones is 1. The molecule has 0 fully saturated rings. The Morgan fingerprint density at radius 1 is 1.21 bits per heavy atom. The van der Waals surface area contributed by atoms with Gasteiger partial charge in [-0.3, -0.25) is 4.79 Å². The number of hydrogen-bond acceptors (Lipinski definition) is 2. The van der Waals surface area contributed by atoms with Crippen LogP contribution in [0.4, 0.5) is 0 Å². The lowest BCUT2D eigenvalue weighted by Gasteiger charge is -2.21. The smallest absolute Gasteiger partial charge is 0.163 e. The van der Waals surface area contributed by atoms with Gasteiger partial charge in [0.25, 0.3) is 0 Å². The van der Waals surface area contributed by atoms with Crippen LogP contribution in [0.25, 0.3) is 5.70 Å². The molecule has 104 valence electrons. The van der Waals surface area contributed by atoms with Gasteiger partial charge in [-0.05, 0) is 12.0 Å². The van der Waals surface area contributed by atoms with Crippen molar-refractivity contribution in [3.05, 3.63) is 42.0 Å². The molecule has 0 unspecified atom stereocenters. The number of rotatable bonds is 7. The standard InChI is InChI=1S/C17H25NO/c1-4-5-9-12-17(2,3)16(19)13-15(18)14-10-7-6-8-11-14/h6-8,10-11,13H,4-5,9,12,18H2,1-3H3/b15-13-. The Hall–Kier alpha value is -1.57. The van der Waals surface area contributed by atoms with Gasteiger partial charge in [0.15, 0.2) is 5.78 Å². The molecule has 2 nitrogen and oxygen atoms in total. The summed E-state index contributed by atoms with van der Waals surface area (Å²) in [5, 5.41) is 0. The van der Waals surface area contributed by atoms with Crippen molar-refractivity contribution in [2.75, 3.05) is 0 Å². The number of benzene rings is 1. The first-order valence-corrected chi connectivity index (χ1v) is 7.04. The molecule has 0 radical (unpaired) electrons. The SMILES string of the molecule is CCCCCC(C)(C)C(=O)/C=C(\N)c1ccccc1. The molecule has 0 atom stereocenters. The Kier molecular flexibility index (Phi) is 5.81. The van der Waals surface area contributed by atoms with Gasteiger partial charge in [-0.2, -0.15) is 0 Å². The molecule has 2 heteroatoms. The molecule has 0 aromatic heterocycles. The van der Waals surface area contributed by atoms with Crippen molar-refractivity contribution in [1.29, 1.82) is 0 Å². The third-order valence-corrected chi connectivity index (χ3v) is 3.47. The summed E-state index contributed by atoms with van der Waals surface area (Å²) >= 11 is 0. The monoisotopic (exact) mass is 259 g/mol. The maximum atomic E-state index is 12.3. The Labute approximate surface area is 116 Å². The van der Waals surface area contributed by atoms with Crippen molar-refractivity contribution >= 4 is 11.5 Å². The number of unbranched alkanes of at least 4 members (excludes halogenated alkanes) is 2. The van der Waals surface area contributed by atoms with E-state index >= 15 is 0 Å². The molecule has 0 saturated heterocycles. The van der Waals surface area contributed by atoms with Gasteiger partial charge in [-0.1, -0.05) is 70.4 Å². The summed E-state index contributed by atoms with van der Waals surface area (Å²) in [7, 11) is 0. The minimum atomic E-state index is -0.325. The zero-order valence-corrected chi connectivity index (χ0v) is 12.3. The second-order valence-corrected chi connectivity index (χ2v) is 5.67.